The van der Waals surface area contributed by atoms with Crippen LogP contribution in [0.5, 0.6) is 0 Å². The summed E-state index contributed by atoms with van der Waals surface area (Å²) >= 11 is 0. The van der Waals surface area contributed by atoms with Crippen molar-refractivity contribution in [2.24, 2.45) is 0 Å². The number of fused-ring (bicyclic) bond motifs is 1. The first-order valence-electron chi connectivity index (χ1n) is 6.28. The van der Waals surface area contributed by atoms with Gasteiger partial charge in [0.05, 0.1) is 0 Å². The molecular formula is C14H22N2. The number of nitrogens with one attached hydrogen (secondary N) is 1. The first-order chi connectivity index (χ1) is 7.81. The quantitative estimate of drug-likeness (QED) is 0.733. The Hall–Kier alpha value is -0.860. The fraction of sp³-hybridized carbons (Fsp3) is 0.571. The molecule has 1 atom stereocenters. The van der Waals surface area contributed by atoms with Crippen molar-refractivity contribution in [1.82, 2.24) is 10.2 Å². The molecule has 0 amide bonds. The zero-order chi connectivity index (χ0) is 11.4. The lowest BCUT2D eigenvalue weighted by Crippen LogP contribution is -2.35. The summed E-state index contributed by atoms with van der Waals surface area (Å²) in [6.45, 7) is 6.67. The van der Waals surface area contributed by atoms with E-state index in [1.165, 1.54) is 13.0 Å². The van der Waals surface area contributed by atoms with Gasteiger partial charge in [0.15, 0.2) is 0 Å². The maximum atomic E-state index is 3.37. The standard InChI is InChI=1S/C14H22N2/c1-3-15-8-9-16(2)11-13-10-12-6-4-5-7-14(12)13/h4-7,13,15H,3,8-11H2,1-2H3. The second-order valence-electron chi connectivity index (χ2n) is 4.72. The predicted molar refractivity (Wildman–Crippen MR) is 68.9 cm³/mol. The molecule has 16 heavy (non-hydrogen) atoms. The average Bonchev–Trinajstić information content (AvgIpc) is 2.26. The van der Waals surface area contributed by atoms with Crippen molar-refractivity contribution in [2.45, 2.75) is 19.3 Å². The SMILES string of the molecule is CCNCCN(C)CC1Cc2ccccc21. The van der Waals surface area contributed by atoms with Crippen LogP contribution >= 0.6 is 0 Å². The van der Waals surface area contributed by atoms with Gasteiger partial charge in [0.2, 0.25) is 0 Å². The van der Waals surface area contributed by atoms with Crippen LogP contribution in [0.15, 0.2) is 24.3 Å². The number of hydrogen-bond acceptors (Lipinski definition) is 2. The van der Waals surface area contributed by atoms with E-state index in [1.807, 2.05) is 0 Å². The maximum Gasteiger partial charge on any atom is 0.0104 e. The summed E-state index contributed by atoms with van der Waals surface area (Å²) < 4.78 is 0. The molecule has 1 N–H and O–H groups in total. The molecule has 2 rings (SSSR count). The van der Waals surface area contributed by atoms with E-state index in [0.717, 1.165) is 25.6 Å². The number of likely N-dealkylation sites (N-methyl/N-ethyl adjacent to an activating group) is 2. The highest BCUT2D eigenvalue weighted by Gasteiger charge is 2.25. The lowest BCUT2D eigenvalue weighted by molar-refractivity contribution is 0.298. The van der Waals surface area contributed by atoms with Crippen LogP contribution in [0, 0.1) is 0 Å². The zero-order valence-corrected chi connectivity index (χ0v) is 10.4. The molecule has 0 radical (unpaired) electrons. The van der Waals surface area contributed by atoms with Gasteiger partial charge in [-0.05, 0) is 31.1 Å². The summed E-state index contributed by atoms with van der Waals surface area (Å²) in [5.41, 5.74) is 3.12. The average molecular weight is 218 g/mol. The second-order valence-corrected chi connectivity index (χ2v) is 4.72. The molecule has 0 aliphatic heterocycles. The van der Waals surface area contributed by atoms with Crippen LogP contribution in [0.3, 0.4) is 0 Å². The minimum atomic E-state index is 0.767. The van der Waals surface area contributed by atoms with Gasteiger partial charge in [0, 0.05) is 25.6 Å². The van der Waals surface area contributed by atoms with Crippen LogP contribution in [0.1, 0.15) is 24.0 Å². The molecule has 1 aliphatic rings. The summed E-state index contributed by atoms with van der Waals surface area (Å²) in [6.07, 6.45) is 1.27. The van der Waals surface area contributed by atoms with Crippen LogP contribution in [0.25, 0.3) is 0 Å². The number of benzene rings is 1. The molecule has 1 aliphatic carbocycles. The first kappa shape index (κ1) is 11.6. The van der Waals surface area contributed by atoms with Gasteiger partial charge in [-0.3, -0.25) is 0 Å². The Morgan fingerprint density at radius 3 is 2.94 bits per heavy atom. The molecule has 0 bridgehead atoms. The first-order valence-corrected chi connectivity index (χ1v) is 6.28. The van der Waals surface area contributed by atoms with Gasteiger partial charge >= 0.3 is 0 Å². The number of nitrogens with zero attached hydrogens (tertiary/aromatic N) is 1. The molecule has 0 saturated carbocycles. The van der Waals surface area contributed by atoms with Gasteiger partial charge < -0.3 is 10.2 Å². The van der Waals surface area contributed by atoms with Crippen molar-refractivity contribution >= 4 is 0 Å². The normalized spacial score (nSPS) is 18.3. The van der Waals surface area contributed by atoms with Crippen LogP contribution in [0.2, 0.25) is 0 Å². The summed E-state index contributed by atoms with van der Waals surface area (Å²) in [6, 6.07) is 8.83. The lowest BCUT2D eigenvalue weighted by atomic mass is 9.77. The second kappa shape index (κ2) is 5.46. The highest BCUT2D eigenvalue weighted by Crippen LogP contribution is 2.34. The number of hydrogen-bond donors (Lipinski definition) is 1. The molecule has 1 aromatic carbocycles. The Morgan fingerprint density at radius 2 is 2.19 bits per heavy atom. The van der Waals surface area contributed by atoms with Gasteiger partial charge in [-0.1, -0.05) is 31.2 Å². The highest BCUT2D eigenvalue weighted by molar-refractivity contribution is 5.40. The lowest BCUT2D eigenvalue weighted by Gasteiger charge is -2.33. The molecule has 88 valence electrons. The third-order valence-electron chi connectivity index (χ3n) is 3.41. The molecule has 0 aromatic heterocycles. The van der Waals surface area contributed by atoms with Gasteiger partial charge in [-0.25, -0.2) is 0 Å². The highest BCUT2D eigenvalue weighted by atomic mass is 15.1. The molecular weight excluding hydrogens is 196 g/mol. The van der Waals surface area contributed by atoms with Crippen molar-refractivity contribution < 1.29 is 0 Å². The molecule has 0 fully saturated rings. The largest absolute Gasteiger partial charge is 0.316 e. The van der Waals surface area contributed by atoms with Gasteiger partial charge in [-0.2, -0.15) is 0 Å². The Morgan fingerprint density at radius 1 is 1.38 bits per heavy atom. The van der Waals surface area contributed by atoms with Gasteiger partial charge in [-0.15, -0.1) is 0 Å². The van der Waals surface area contributed by atoms with Crippen molar-refractivity contribution in [3.05, 3.63) is 35.4 Å². The summed E-state index contributed by atoms with van der Waals surface area (Å²) in [5.74, 6) is 0.767. The summed E-state index contributed by atoms with van der Waals surface area (Å²) in [7, 11) is 2.22. The molecule has 2 nitrogen and oxygen atoms in total. The van der Waals surface area contributed by atoms with E-state index in [9.17, 15) is 0 Å². The van der Waals surface area contributed by atoms with Gasteiger partial charge in [0.25, 0.3) is 0 Å². The molecule has 1 aromatic rings. The van der Waals surface area contributed by atoms with E-state index in [2.05, 4.69) is 48.5 Å². The fourth-order valence-electron chi connectivity index (χ4n) is 2.44. The van der Waals surface area contributed by atoms with Crippen LogP contribution in [-0.2, 0) is 6.42 Å². The van der Waals surface area contributed by atoms with E-state index in [1.54, 1.807) is 11.1 Å². The predicted octanol–water partition coefficient (Wildman–Crippen LogP) is 1.87. The molecule has 1 unspecified atom stereocenters. The zero-order valence-electron chi connectivity index (χ0n) is 10.4. The molecule has 0 saturated heterocycles. The molecule has 0 spiro atoms. The van der Waals surface area contributed by atoms with Crippen LogP contribution in [-0.4, -0.2) is 38.1 Å². The monoisotopic (exact) mass is 218 g/mol. The summed E-state index contributed by atoms with van der Waals surface area (Å²) in [5, 5.41) is 3.37. The molecule has 2 heteroatoms. The minimum absolute atomic E-state index is 0.767. The minimum Gasteiger partial charge on any atom is -0.316 e. The number of rotatable bonds is 6. The van der Waals surface area contributed by atoms with Crippen molar-refractivity contribution in [3.63, 3.8) is 0 Å². The van der Waals surface area contributed by atoms with Crippen molar-refractivity contribution in [1.29, 1.82) is 0 Å². The van der Waals surface area contributed by atoms with Gasteiger partial charge in [0.1, 0.15) is 0 Å². The fourth-order valence-corrected chi connectivity index (χ4v) is 2.44. The van der Waals surface area contributed by atoms with Crippen LogP contribution < -0.4 is 5.32 Å². The molecule has 0 heterocycles. The third kappa shape index (κ3) is 2.63. The Labute approximate surface area is 98.7 Å². The Balaban J connectivity index is 1.76. The smallest absolute Gasteiger partial charge is 0.0104 e. The maximum absolute atomic E-state index is 3.37. The third-order valence-corrected chi connectivity index (χ3v) is 3.41. The summed E-state index contributed by atoms with van der Waals surface area (Å²) in [4.78, 5) is 2.43. The Kier molecular flexibility index (Phi) is 3.97. The van der Waals surface area contributed by atoms with Crippen molar-refractivity contribution in [3.8, 4) is 0 Å². The van der Waals surface area contributed by atoms with E-state index < -0.39 is 0 Å². The Bertz CT molecular complexity index is 335. The topological polar surface area (TPSA) is 15.3 Å². The van der Waals surface area contributed by atoms with Crippen LogP contribution in [0.4, 0.5) is 0 Å². The van der Waals surface area contributed by atoms with Crippen molar-refractivity contribution in [2.75, 3.05) is 33.2 Å². The van der Waals surface area contributed by atoms with E-state index >= 15 is 0 Å². The van der Waals surface area contributed by atoms with E-state index in [-0.39, 0.29) is 0 Å². The van der Waals surface area contributed by atoms with E-state index in [0.29, 0.717) is 0 Å². The van der Waals surface area contributed by atoms with E-state index in [4.69, 9.17) is 0 Å².